The summed E-state index contributed by atoms with van der Waals surface area (Å²) in [4.78, 5) is 58.9. The highest BCUT2D eigenvalue weighted by molar-refractivity contribution is 7.13. The Morgan fingerprint density at radius 3 is 2.38 bits per heavy atom. The fourth-order valence-electron chi connectivity index (χ4n) is 12.6. The zero-order valence-electron chi connectivity index (χ0n) is 46.7. The van der Waals surface area contributed by atoms with Crippen LogP contribution in [0, 0.1) is 12.8 Å². The molecule has 7 N–H and O–H groups in total. The molecule has 4 aromatic heterocycles. The number of aromatic hydroxyl groups is 1. The van der Waals surface area contributed by atoms with Crippen molar-refractivity contribution < 1.29 is 43.3 Å². The maximum Gasteiger partial charge on any atom is 0.254 e. The number of para-hydroxylation sites is 1. The second kappa shape index (κ2) is 25.0. The van der Waals surface area contributed by atoms with E-state index >= 15 is 0 Å². The minimum absolute atomic E-state index is 0.00474. The summed E-state index contributed by atoms with van der Waals surface area (Å²) in [5.74, 6) is -0.396. The third-order valence-electron chi connectivity index (χ3n) is 16.9. The molecule has 2 aromatic carbocycles. The van der Waals surface area contributed by atoms with Crippen LogP contribution >= 0.6 is 11.3 Å². The van der Waals surface area contributed by atoms with E-state index in [1.54, 1.807) is 29.5 Å². The molecule has 1 saturated carbocycles. The molecule has 2 unspecified atom stereocenters. The van der Waals surface area contributed by atoms with E-state index in [-0.39, 0.29) is 73.2 Å². The fourth-order valence-corrected chi connectivity index (χ4v) is 13.4. The minimum Gasteiger partial charge on any atom is -0.507 e. The van der Waals surface area contributed by atoms with E-state index in [0.717, 1.165) is 97.8 Å². The van der Waals surface area contributed by atoms with Crippen LogP contribution in [0.25, 0.3) is 21.7 Å². The molecule has 3 amide bonds. The van der Waals surface area contributed by atoms with Crippen LogP contribution in [0.4, 0.5) is 17.2 Å². The van der Waals surface area contributed by atoms with E-state index < -0.39 is 35.9 Å². The number of thiazole rings is 1. The molecule has 0 radical (unpaired) electrons. The quantitative estimate of drug-likeness (QED) is 0.0468. The fraction of sp³-hybridized carbons (Fsp3) is 0.500. The second-order valence-corrected chi connectivity index (χ2v) is 23.8. The number of fused-ring (bicyclic) bond motifs is 2. The molecule has 6 atom stereocenters. The van der Waals surface area contributed by atoms with Crippen molar-refractivity contribution in [2.75, 3.05) is 61.4 Å². The summed E-state index contributed by atoms with van der Waals surface area (Å²) < 4.78 is 24.8. The number of primary amides is 1. The molecule has 82 heavy (non-hydrogen) atoms. The van der Waals surface area contributed by atoms with Gasteiger partial charge >= 0.3 is 0 Å². The molecule has 4 saturated heterocycles. The third-order valence-corrected chi connectivity index (χ3v) is 17.9. The van der Waals surface area contributed by atoms with Gasteiger partial charge < -0.3 is 60.4 Å². The smallest absolute Gasteiger partial charge is 0.254 e. The van der Waals surface area contributed by atoms with Crippen LogP contribution < -0.4 is 36.1 Å². The number of hydrogen-bond acceptors (Lipinski definition) is 19. The molecule has 21 nitrogen and oxygen atoms in total. The van der Waals surface area contributed by atoms with Gasteiger partial charge in [-0.1, -0.05) is 50.2 Å². The number of aliphatic hydroxyl groups is 1. The number of piperidine rings is 1. The Balaban J connectivity index is 0.613. The molecule has 4 aliphatic heterocycles. The minimum atomic E-state index is -0.926. The number of nitrogen functional groups attached to an aromatic ring is 1. The van der Waals surface area contributed by atoms with Crippen LogP contribution in [0.2, 0.25) is 0 Å². The highest BCUT2D eigenvalue weighted by atomic mass is 32.1. The van der Waals surface area contributed by atoms with Crippen molar-refractivity contribution in [3.63, 3.8) is 0 Å². The first-order valence-electron chi connectivity index (χ1n) is 28.8. The van der Waals surface area contributed by atoms with E-state index in [9.17, 15) is 24.6 Å². The molecular formula is C60H74N12O9S. The third kappa shape index (κ3) is 12.8. The van der Waals surface area contributed by atoms with Crippen molar-refractivity contribution in [2.24, 2.45) is 11.7 Å². The lowest BCUT2D eigenvalue weighted by Crippen LogP contribution is -2.54. The van der Waals surface area contributed by atoms with Crippen LogP contribution in [0.3, 0.4) is 0 Å². The maximum atomic E-state index is 14.4. The number of piperazine rings is 1. The highest BCUT2D eigenvalue weighted by Gasteiger charge is 2.45. The van der Waals surface area contributed by atoms with Gasteiger partial charge in [-0.05, 0) is 91.9 Å². The number of aromatic nitrogens is 5. The lowest BCUT2D eigenvalue weighted by Gasteiger charge is -2.43. The Labute approximate surface area is 481 Å². The molecule has 2 bridgehead atoms. The molecule has 8 heterocycles. The molecular weight excluding hydrogens is 1060 g/mol. The number of β-amino-alcohol motifs (C(OH)–C–C–N with tert-alkyl or cyclic N) is 1. The molecule has 5 aliphatic rings. The number of aryl methyl sites for hydroxylation is 1. The van der Waals surface area contributed by atoms with Crippen LogP contribution in [0.1, 0.15) is 107 Å². The summed E-state index contributed by atoms with van der Waals surface area (Å²) in [6.45, 7) is 10.1. The largest absolute Gasteiger partial charge is 0.507 e. The van der Waals surface area contributed by atoms with Gasteiger partial charge in [-0.15, -0.1) is 21.5 Å². The molecule has 6 aromatic rings. The monoisotopic (exact) mass is 1140 g/mol. The Kier molecular flexibility index (Phi) is 17.2. The number of phenols is 1. The summed E-state index contributed by atoms with van der Waals surface area (Å²) in [6.07, 6.45) is 8.05. The van der Waals surface area contributed by atoms with E-state index in [1.807, 2.05) is 74.9 Å². The van der Waals surface area contributed by atoms with Gasteiger partial charge in [0, 0.05) is 107 Å². The van der Waals surface area contributed by atoms with E-state index in [2.05, 4.69) is 57.5 Å². The van der Waals surface area contributed by atoms with Crippen molar-refractivity contribution in [3.8, 4) is 39.2 Å². The van der Waals surface area contributed by atoms with Gasteiger partial charge in [0.05, 0.1) is 51.8 Å². The lowest BCUT2D eigenvalue weighted by atomic mass is 9.91. The summed E-state index contributed by atoms with van der Waals surface area (Å²) in [7, 11) is 0. The van der Waals surface area contributed by atoms with Gasteiger partial charge in [-0.3, -0.25) is 19.3 Å². The number of ether oxygens (including phenoxy) is 3. The number of anilines is 3. The zero-order valence-corrected chi connectivity index (χ0v) is 47.5. The van der Waals surface area contributed by atoms with Gasteiger partial charge in [0.1, 0.15) is 30.4 Å². The van der Waals surface area contributed by atoms with Crippen LogP contribution in [0.15, 0.2) is 89.0 Å². The number of pyridine rings is 1. The van der Waals surface area contributed by atoms with E-state index in [4.69, 9.17) is 30.2 Å². The van der Waals surface area contributed by atoms with Gasteiger partial charge in [0.25, 0.3) is 5.88 Å². The predicted molar refractivity (Wildman–Crippen MR) is 309 cm³/mol. The molecule has 11 rings (SSSR count). The number of nitrogens with one attached hydrogen (secondary N) is 1. The van der Waals surface area contributed by atoms with Crippen LogP contribution in [-0.4, -0.2) is 151 Å². The summed E-state index contributed by atoms with van der Waals surface area (Å²) >= 11 is 1.56. The number of benzene rings is 2. The first kappa shape index (κ1) is 56.5. The summed E-state index contributed by atoms with van der Waals surface area (Å²) in [5, 5.41) is 37.2. The maximum absolute atomic E-state index is 14.4. The Bertz CT molecular complexity index is 3170. The van der Waals surface area contributed by atoms with Gasteiger partial charge in [0.2, 0.25) is 23.6 Å². The van der Waals surface area contributed by atoms with Crippen LogP contribution in [-0.2, 0) is 19.1 Å². The number of rotatable bonds is 22. The predicted octanol–water partition coefficient (Wildman–Crippen LogP) is 6.79. The van der Waals surface area contributed by atoms with E-state index in [0.29, 0.717) is 54.7 Å². The zero-order chi connectivity index (χ0) is 57.0. The molecule has 1 aliphatic carbocycles. The number of nitrogens with two attached hydrogens (primary N) is 2. The van der Waals surface area contributed by atoms with Crippen molar-refractivity contribution in [1.82, 2.24) is 40.4 Å². The standard InChI is InChI=1S/C60H74N12O9S/c1-35(2)56(60(77)71-33-42(73)26-50(71)59(76)65-47(8-6-10-53(61)75)37-11-13-38(14-12-37)57-36(3)64-34-82-57)52-30-55(68-81-52)78-24-23-69-21-18-43(19-22-69)79-44-27-45(28-44)80-54-25-39(17-20-63-54)72-40-15-16-41(72)32-70(31-40)49-29-48(66-67-58(49)62)46-7-4-5-9-51(46)74/h4-5,7,9,11-14,17,20,25,29-30,34-35,40-45,47,50,56,73-74H,6,8,10,15-16,18-19,21-24,26-28,31-33H2,1-3H3,(H2,61,75)(H2,62,67)(H,65,76)/t40?,41?,42-,44?,45?,47+,50+,56+/m1/s1. The normalized spacial score (nSPS) is 22.7. The first-order chi connectivity index (χ1) is 39.7. The number of phenolic OH excluding ortho intramolecular Hbond substituents is 1. The number of carbonyl (C=O) groups is 3. The Hall–Kier alpha value is -7.40. The topological polar surface area (TPSA) is 274 Å². The SMILES string of the molecule is Cc1ncsc1-c1ccc([C@H](CCCC(N)=O)NC(=O)[C@@H]2C[C@@H](O)CN2C(=O)[C@H](c2cc(OCCN3CCC(OC4CC(Oc5cc(N6C7CCC6CN(c6cc(-c8ccccc8O)nnc6N)C7)ccn5)C4)CC3)no2)C(C)C)cc1. The Morgan fingerprint density at radius 1 is 0.890 bits per heavy atom. The van der Waals surface area contributed by atoms with Crippen LogP contribution in [0.5, 0.6) is 17.5 Å². The highest BCUT2D eigenvalue weighted by Crippen LogP contribution is 2.41. The molecule has 22 heteroatoms. The van der Waals surface area contributed by atoms with Gasteiger partial charge in [0.15, 0.2) is 11.6 Å². The van der Waals surface area contributed by atoms with Gasteiger partial charge in [-0.2, -0.15) is 0 Å². The lowest BCUT2D eigenvalue weighted by molar-refractivity contribution is -0.141. The van der Waals surface area contributed by atoms with Crippen molar-refractivity contribution in [3.05, 3.63) is 102 Å². The number of nitrogens with zero attached hydrogens (tertiary/aromatic N) is 9. The average molecular weight is 1140 g/mol. The summed E-state index contributed by atoms with van der Waals surface area (Å²) in [5.41, 5.74) is 19.6. The first-order valence-corrected chi connectivity index (χ1v) is 29.7. The van der Waals surface area contributed by atoms with Gasteiger partial charge in [-0.25, -0.2) is 9.97 Å². The number of hydrogen-bond donors (Lipinski definition) is 5. The van der Waals surface area contributed by atoms with Crippen molar-refractivity contribution in [2.45, 2.75) is 139 Å². The molecule has 434 valence electrons. The van der Waals surface area contributed by atoms with E-state index in [1.165, 1.54) is 4.90 Å². The Morgan fingerprint density at radius 2 is 1.66 bits per heavy atom. The number of carbonyl (C=O) groups excluding carboxylic acids is 3. The second-order valence-electron chi connectivity index (χ2n) is 22.9. The number of likely N-dealkylation sites (tertiary alicyclic amines) is 2. The molecule has 5 fully saturated rings. The average Bonchev–Trinajstić information content (AvgIpc) is 4.41. The number of amides is 3. The molecule has 0 spiro atoms. The van der Waals surface area contributed by atoms with Crippen molar-refractivity contribution in [1.29, 1.82) is 0 Å². The van der Waals surface area contributed by atoms with Crippen molar-refractivity contribution >= 4 is 46.3 Å². The summed E-state index contributed by atoms with van der Waals surface area (Å²) in [6, 6.07) is 21.9. The number of aliphatic hydroxyl groups excluding tert-OH is 1.